The summed E-state index contributed by atoms with van der Waals surface area (Å²) < 4.78 is 10.6. The summed E-state index contributed by atoms with van der Waals surface area (Å²) in [6, 6.07) is 6.24. The number of benzene rings is 1. The Kier molecular flexibility index (Phi) is 4.22. The molecule has 9 heteroatoms. The monoisotopic (exact) mass is 312 g/mol. The quantitative estimate of drug-likeness (QED) is 0.501. The van der Waals surface area contributed by atoms with Crippen LogP contribution in [0.5, 0.6) is 0 Å². The van der Waals surface area contributed by atoms with Crippen LogP contribution < -0.4 is 5.32 Å². The predicted octanol–water partition coefficient (Wildman–Crippen LogP) is -0.423. The molecule has 112 valence electrons. The molecule has 1 aromatic carbocycles. The number of amides is 3. The molecule has 0 saturated heterocycles. The number of nitrogens with zero attached hydrogens (tertiary/aromatic N) is 1. The van der Waals surface area contributed by atoms with E-state index in [0.29, 0.717) is 0 Å². The fraction of sp³-hybridized carbons (Fsp3) is 0.250. The number of hydrogen-bond donors (Lipinski definition) is 3. The number of fused-ring (bicyclic) bond motifs is 1. The summed E-state index contributed by atoms with van der Waals surface area (Å²) in [4.78, 5) is 53.7. The Labute approximate surface area is 119 Å². The summed E-state index contributed by atoms with van der Waals surface area (Å²) in [5.74, 6) is -1.76. The van der Waals surface area contributed by atoms with Crippen molar-refractivity contribution in [1.29, 1.82) is 0 Å². The third kappa shape index (κ3) is 3.55. The van der Waals surface area contributed by atoms with Crippen LogP contribution in [0.1, 0.15) is 20.7 Å². The standard InChI is InChI=1S/C12H13N2O6P/c15-10(13-5-6-21(18,19)20)7-14-11(16)8-3-1-2-4-9(8)12(14)17/h1-4H,5-7H2,(H,13,15)(H2,18,19,20). The minimum Gasteiger partial charge on any atom is -0.354 e. The van der Waals surface area contributed by atoms with Crippen molar-refractivity contribution in [3.63, 3.8) is 0 Å². The lowest BCUT2D eigenvalue weighted by Crippen LogP contribution is -2.41. The first-order valence-corrected chi connectivity index (χ1v) is 7.86. The van der Waals surface area contributed by atoms with Gasteiger partial charge in [0.25, 0.3) is 11.8 Å². The van der Waals surface area contributed by atoms with Crippen LogP contribution >= 0.6 is 7.60 Å². The van der Waals surface area contributed by atoms with Gasteiger partial charge < -0.3 is 15.1 Å². The number of rotatable bonds is 5. The minimum absolute atomic E-state index is 0.230. The fourth-order valence-corrected chi connectivity index (χ4v) is 2.33. The molecule has 1 heterocycles. The van der Waals surface area contributed by atoms with Gasteiger partial charge >= 0.3 is 7.60 Å². The number of imide groups is 1. The average Bonchev–Trinajstić information content (AvgIpc) is 2.63. The second-order valence-electron chi connectivity index (χ2n) is 4.48. The molecule has 21 heavy (non-hydrogen) atoms. The molecule has 3 N–H and O–H groups in total. The lowest BCUT2D eigenvalue weighted by Gasteiger charge is -2.13. The van der Waals surface area contributed by atoms with Gasteiger partial charge in [0.05, 0.1) is 17.3 Å². The van der Waals surface area contributed by atoms with Crippen molar-refractivity contribution in [2.45, 2.75) is 0 Å². The van der Waals surface area contributed by atoms with E-state index in [-0.39, 0.29) is 17.7 Å². The molecule has 0 unspecified atom stereocenters. The van der Waals surface area contributed by atoms with E-state index in [0.717, 1.165) is 4.90 Å². The molecule has 0 bridgehead atoms. The summed E-state index contributed by atoms with van der Waals surface area (Å²) in [5, 5.41) is 2.26. The van der Waals surface area contributed by atoms with E-state index in [1.54, 1.807) is 12.1 Å². The van der Waals surface area contributed by atoms with Crippen LogP contribution in [-0.2, 0) is 9.36 Å². The minimum atomic E-state index is -4.19. The van der Waals surface area contributed by atoms with Crippen molar-refractivity contribution >= 4 is 25.3 Å². The lowest BCUT2D eigenvalue weighted by atomic mass is 10.1. The van der Waals surface area contributed by atoms with Gasteiger partial charge in [-0.3, -0.25) is 23.8 Å². The SMILES string of the molecule is O=C(CN1C(=O)c2ccccc2C1=O)NCCP(=O)(O)O. The van der Waals surface area contributed by atoms with Crippen LogP contribution in [0, 0.1) is 0 Å². The van der Waals surface area contributed by atoms with E-state index in [9.17, 15) is 18.9 Å². The van der Waals surface area contributed by atoms with Gasteiger partial charge in [-0.2, -0.15) is 0 Å². The average molecular weight is 312 g/mol. The molecule has 1 aliphatic heterocycles. The van der Waals surface area contributed by atoms with Crippen LogP contribution in [0.25, 0.3) is 0 Å². The highest BCUT2D eigenvalue weighted by molar-refractivity contribution is 7.51. The van der Waals surface area contributed by atoms with Crippen molar-refractivity contribution in [2.24, 2.45) is 0 Å². The van der Waals surface area contributed by atoms with Gasteiger partial charge in [-0.15, -0.1) is 0 Å². The van der Waals surface area contributed by atoms with Crippen LogP contribution in [0.4, 0.5) is 0 Å². The smallest absolute Gasteiger partial charge is 0.327 e. The maximum atomic E-state index is 12.0. The topological polar surface area (TPSA) is 124 Å². The van der Waals surface area contributed by atoms with Gasteiger partial charge in [0, 0.05) is 6.54 Å². The summed E-state index contributed by atoms with van der Waals surface area (Å²) in [5.41, 5.74) is 0.482. The molecule has 0 aliphatic carbocycles. The number of hydrogen-bond acceptors (Lipinski definition) is 4. The number of carbonyl (C=O) groups is 3. The number of nitrogens with one attached hydrogen (secondary N) is 1. The lowest BCUT2D eigenvalue weighted by molar-refractivity contribution is -0.121. The molecule has 0 atom stereocenters. The molecule has 1 aliphatic rings. The largest absolute Gasteiger partial charge is 0.354 e. The Morgan fingerprint density at radius 1 is 1.14 bits per heavy atom. The summed E-state index contributed by atoms with van der Waals surface area (Å²) in [6.07, 6.45) is -0.499. The first-order chi connectivity index (χ1) is 9.79. The zero-order chi connectivity index (χ0) is 15.6. The Hall–Kier alpha value is -2.02. The summed E-state index contributed by atoms with van der Waals surface area (Å²) in [7, 11) is -4.19. The second kappa shape index (κ2) is 5.77. The third-order valence-corrected chi connectivity index (χ3v) is 3.71. The zero-order valence-electron chi connectivity index (χ0n) is 10.9. The molecule has 0 radical (unpaired) electrons. The van der Waals surface area contributed by atoms with Crippen LogP contribution in [0.3, 0.4) is 0 Å². The van der Waals surface area contributed by atoms with E-state index in [1.807, 2.05) is 0 Å². The van der Waals surface area contributed by atoms with Crippen molar-refractivity contribution < 1.29 is 28.7 Å². The maximum absolute atomic E-state index is 12.0. The van der Waals surface area contributed by atoms with E-state index >= 15 is 0 Å². The van der Waals surface area contributed by atoms with Gasteiger partial charge in [-0.05, 0) is 12.1 Å². The summed E-state index contributed by atoms with van der Waals surface area (Å²) >= 11 is 0. The second-order valence-corrected chi connectivity index (χ2v) is 6.26. The molecule has 1 aromatic rings. The third-order valence-electron chi connectivity index (χ3n) is 2.91. The van der Waals surface area contributed by atoms with Crippen molar-refractivity contribution in [3.05, 3.63) is 35.4 Å². The highest BCUT2D eigenvalue weighted by atomic mass is 31.2. The molecular formula is C12H13N2O6P. The predicted molar refractivity (Wildman–Crippen MR) is 71.7 cm³/mol. The molecule has 8 nitrogen and oxygen atoms in total. The molecule has 0 spiro atoms. The maximum Gasteiger partial charge on any atom is 0.327 e. The Balaban J connectivity index is 1.96. The fourth-order valence-electron chi connectivity index (χ4n) is 1.92. The van der Waals surface area contributed by atoms with Crippen LogP contribution in [-0.4, -0.2) is 51.7 Å². The van der Waals surface area contributed by atoms with Crippen molar-refractivity contribution in [1.82, 2.24) is 10.2 Å². The van der Waals surface area contributed by atoms with Gasteiger partial charge in [-0.1, -0.05) is 12.1 Å². The summed E-state index contributed by atoms with van der Waals surface area (Å²) in [6.45, 7) is -0.709. The van der Waals surface area contributed by atoms with E-state index in [2.05, 4.69) is 5.32 Å². The first-order valence-electron chi connectivity index (χ1n) is 6.06. The highest BCUT2D eigenvalue weighted by Crippen LogP contribution is 2.32. The highest BCUT2D eigenvalue weighted by Gasteiger charge is 2.36. The van der Waals surface area contributed by atoms with Gasteiger partial charge in [0.2, 0.25) is 5.91 Å². The van der Waals surface area contributed by atoms with E-state index in [4.69, 9.17) is 9.79 Å². The zero-order valence-corrected chi connectivity index (χ0v) is 11.7. The van der Waals surface area contributed by atoms with Crippen LogP contribution in [0.15, 0.2) is 24.3 Å². The Morgan fingerprint density at radius 2 is 1.67 bits per heavy atom. The van der Waals surface area contributed by atoms with E-state index < -0.39 is 38.0 Å². The number of carbonyl (C=O) groups excluding carboxylic acids is 3. The molecular weight excluding hydrogens is 299 g/mol. The molecule has 3 amide bonds. The van der Waals surface area contributed by atoms with E-state index in [1.165, 1.54) is 12.1 Å². The van der Waals surface area contributed by atoms with Crippen molar-refractivity contribution in [3.8, 4) is 0 Å². The van der Waals surface area contributed by atoms with Crippen LogP contribution in [0.2, 0.25) is 0 Å². The molecule has 0 aromatic heterocycles. The van der Waals surface area contributed by atoms with Gasteiger partial charge in [0.15, 0.2) is 0 Å². The van der Waals surface area contributed by atoms with Gasteiger partial charge in [-0.25, -0.2) is 0 Å². The Bertz CT molecular complexity index is 618. The van der Waals surface area contributed by atoms with Gasteiger partial charge in [0.1, 0.15) is 6.54 Å². The normalized spacial score (nSPS) is 14.3. The Morgan fingerprint density at radius 3 is 2.14 bits per heavy atom. The molecule has 0 saturated carbocycles. The first kappa shape index (κ1) is 15.4. The molecule has 0 fully saturated rings. The van der Waals surface area contributed by atoms with Crippen molar-refractivity contribution in [2.75, 3.05) is 19.3 Å². The molecule has 2 rings (SSSR count).